The van der Waals surface area contributed by atoms with E-state index >= 15 is 0 Å². The van der Waals surface area contributed by atoms with Crippen molar-refractivity contribution in [3.8, 4) is 0 Å². The molecule has 3 heteroatoms. The van der Waals surface area contributed by atoms with Gasteiger partial charge in [0.1, 0.15) is 0 Å². The molecule has 3 atom stereocenters. The number of hydrogen-bond acceptors (Lipinski definition) is 2. The van der Waals surface area contributed by atoms with Crippen molar-refractivity contribution < 1.29 is 0 Å². The Balaban J connectivity index is 0.00000108. The number of nitrogens with zero attached hydrogens (tertiary/aromatic N) is 1. The lowest BCUT2D eigenvalue weighted by Gasteiger charge is -2.41. The van der Waals surface area contributed by atoms with Gasteiger partial charge in [0.2, 0.25) is 0 Å². The molecule has 0 aromatic rings. The Morgan fingerprint density at radius 3 is 2.53 bits per heavy atom. The molecule has 2 aliphatic carbocycles. The van der Waals surface area contributed by atoms with Gasteiger partial charge < -0.3 is 10.6 Å². The summed E-state index contributed by atoms with van der Waals surface area (Å²) in [6.07, 6.45) is 8.43. The fourth-order valence-corrected chi connectivity index (χ4v) is 4.22. The molecule has 0 aromatic heterocycles. The Hall–Kier alpha value is 0.210. The van der Waals surface area contributed by atoms with Crippen LogP contribution in [-0.2, 0) is 0 Å². The number of hydrogen-bond donors (Lipinski definition) is 1. The lowest BCUT2D eigenvalue weighted by Crippen LogP contribution is -2.40. The second-order valence-corrected chi connectivity index (χ2v) is 6.88. The molecule has 3 aliphatic rings. The zero-order chi connectivity index (χ0) is 11.2. The van der Waals surface area contributed by atoms with Gasteiger partial charge in [0.05, 0.1) is 0 Å². The Morgan fingerprint density at radius 1 is 1.18 bits per heavy atom. The molecule has 2 N–H and O–H groups in total. The Bertz CT molecular complexity index is 265. The smallest absolute Gasteiger partial charge is 0.00825 e. The second kappa shape index (κ2) is 5.07. The van der Waals surface area contributed by atoms with Crippen LogP contribution >= 0.6 is 12.4 Å². The van der Waals surface area contributed by atoms with E-state index in [0.717, 1.165) is 11.8 Å². The molecule has 3 fully saturated rings. The highest BCUT2D eigenvalue weighted by Crippen LogP contribution is 2.43. The zero-order valence-corrected chi connectivity index (χ0v) is 11.8. The normalized spacial score (nSPS) is 40.2. The van der Waals surface area contributed by atoms with Crippen molar-refractivity contribution in [1.29, 1.82) is 0 Å². The molecular weight excluding hydrogens is 232 g/mol. The lowest BCUT2D eigenvalue weighted by molar-refractivity contribution is 0.0951. The van der Waals surface area contributed by atoms with Crippen LogP contribution in [0.1, 0.15) is 45.4 Å². The number of nitrogens with two attached hydrogens (primary N) is 1. The van der Waals surface area contributed by atoms with E-state index in [1.165, 1.54) is 58.2 Å². The maximum Gasteiger partial charge on any atom is 0.00825 e. The van der Waals surface area contributed by atoms with Gasteiger partial charge >= 0.3 is 0 Å². The Morgan fingerprint density at radius 2 is 1.94 bits per heavy atom. The SMILES string of the molecule is CC1(CN2CC3CCCC(N)C3C2)CCC1.Cl. The van der Waals surface area contributed by atoms with Crippen LogP contribution in [0.5, 0.6) is 0 Å². The summed E-state index contributed by atoms with van der Waals surface area (Å²) in [7, 11) is 0. The molecule has 0 aromatic carbocycles. The maximum atomic E-state index is 6.27. The van der Waals surface area contributed by atoms with E-state index in [9.17, 15) is 0 Å². The number of rotatable bonds is 2. The Kier molecular flexibility index (Phi) is 4.06. The van der Waals surface area contributed by atoms with Gasteiger partial charge in [0.15, 0.2) is 0 Å². The monoisotopic (exact) mass is 258 g/mol. The van der Waals surface area contributed by atoms with Crippen molar-refractivity contribution >= 4 is 12.4 Å². The van der Waals surface area contributed by atoms with Gasteiger partial charge in [-0.2, -0.15) is 0 Å². The van der Waals surface area contributed by atoms with Crippen LogP contribution in [0, 0.1) is 17.3 Å². The standard InChI is InChI=1S/C14H26N2.ClH/c1-14(6-3-7-14)10-16-8-11-4-2-5-13(15)12(11)9-16;/h11-13H,2-10,15H2,1H3;1H. The quantitative estimate of drug-likeness (QED) is 0.825. The molecule has 100 valence electrons. The largest absolute Gasteiger partial charge is 0.327 e. The number of fused-ring (bicyclic) bond motifs is 1. The first-order valence-corrected chi connectivity index (χ1v) is 7.14. The summed E-state index contributed by atoms with van der Waals surface area (Å²) < 4.78 is 0. The molecule has 2 saturated carbocycles. The molecule has 3 unspecified atom stereocenters. The van der Waals surface area contributed by atoms with Crippen molar-refractivity contribution in [3.63, 3.8) is 0 Å². The lowest BCUT2D eigenvalue weighted by atomic mass is 9.70. The first-order chi connectivity index (χ1) is 7.66. The summed E-state index contributed by atoms with van der Waals surface area (Å²) in [6, 6.07) is 0.498. The van der Waals surface area contributed by atoms with Crippen LogP contribution in [0.4, 0.5) is 0 Å². The van der Waals surface area contributed by atoms with E-state index in [0.29, 0.717) is 11.5 Å². The second-order valence-electron chi connectivity index (χ2n) is 6.88. The summed E-state index contributed by atoms with van der Waals surface area (Å²) in [5.74, 6) is 1.74. The fourth-order valence-electron chi connectivity index (χ4n) is 4.22. The summed E-state index contributed by atoms with van der Waals surface area (Å²) in [5.41, 5.74) is 6.92. The van der Waals surface area contributed by atoms with Crippen molar-refractivity contribution in [1.82, 2.24) is 4.90 Å². The van der Waals surface area contributed by atoms with E-state index in [1.54, 1.807) is 0 Å². The third kappa shape index (κ3) is 2.64. The molecule has 0 bridgehead atoms. The van der Waals surface area contributed by atoms with Crippen molar-refractivity contribution in [3.05, 3.63) is 0 Å². The van der Waals surface area contributed by atoms with Crippen LogP contribution < -0.4 is 5.73 Å². The van der Waals surface area contributed by atoms with Gasteiger partial charge in [0, 0.05) is 25.7 Å². The molecule has 17 heavy (non-hydrogen) atoms. The predicted octanol–water partition coefficient (Wildman–Crippen LogP) is 2.66. The molecule has 1 heterocycles. The van der Waals surface area contributed by atoms with Crippen LogP contribution in [0.15, 0.2) is 0 Å². The van der Waals surface area contributed by atoms with Crippen LogP contribution in [0.2, 0.25) is 0 Å². The van der Waals surface area contributed by atoms with Crippen LogP contribution in [0.3, 0.4) is 0 Å². The molecule has 1 saturated heterocycles. The van der Waals surface area contributed by atoms with Crippen LogP contribution in [-0.4, -0.2) is 30.6 Å². The van der Waals surface area contributed by atoms with Crippen molar-refractivity contribution in [2.45, 2.75) is 51.5 Å². The summed E-state index contributed by atoms with van der Waals surface area (Å²) in [5, 5.41) is 0. The van der Waals surface area contributed by atoms with E-state index in [2.05, 4.69) is 11.8 Å². The van der Waals surface area contributed by atoms with Crippen molar-refractivity contribution in [2.75, 3.05) is 19.6 Å². The first-order valence-electron chi connectivity index (χ1n) is 7.14. The molecule has 3 rings (SSSR count). The number of halogens is 1. The molecule has 0 amide bonds. The minimum absolute atomic E-state index is 0. The minimum atomic E-state index is 0. The van der Waals surface area contributed by atoms with Crippen LogP contribution in [0.25, 0.3) is 0 Å². The predicted molar refractivity (Wildman–Crippen MR) is 74.5 cm³/mol. The molecule has 0 spiro atoms. The average molecular weight is 259 g/mol. The third-order valence-corrected chi connectivity index (χ3v) is 5.40. The molecule has 1 aliphatic heterocycles. The first kappa shape index (κ1) is 13.6. The topological polar surface area (TPSA) is 29.3 Å². The summed E-state index contributed by atoms with van der Waals surface area (Å²) in [6.45, 7) is 6.44. The van der Waals surface area contributed by atoms with Gasteiger partial charge in [-0.15, -0.1) is 12.4 Å². The van der Waals surface area contributed by atoms with Crippen molar-refractivity contribution in [2.24, 2.45) is 23.0 Å². The summed E-state index contributed by atoms with van der Waals surface area (Å²) >= 11 is 0. The van der Waals surface area contributed by atoms with Gasteiger partial charge in [-0.05, 0) is 42.9 Å². The number of likely N-dealkylation sites (tertiary alicyclic amines) is 1. The van der Waals surface area contributed by atoms with E-state index in [-0.39, 0.29) is 12.4 Å². The highest BCUT2D eigenvalue weighted by Gasteiger charge is 2.42. The highest BCUT2D eigenvalue weighted by molar-refractivity contribution is 5.85. The zero-order valence-electron chi connectivity index (χ0n) is 11.0. The maximum absolute atomic E-state index is 6.27. The van der Waals surface area contributed by atoms with Gasteiger partial charge in [0.25, 0.3) is 0 Å². The molecule has 0 radical (unpaired) electrons. The molecule has 2 nitrogen and oxygen atoms in total. The van der Waals surface area contributed by atoms with Gasteiger partial charge in [-0.3, -0.25) is 0 Å². The van der Waals surface area contributed by atoms with E-state index in [1.807, 2.05) is 0 Å². The fraction of sp³-hybridized carbons (Fsp3) is 1.00. The summed E-state index contributed by atoms with van der Waals surface area (Å²) in [4.78, 5) is 2.72. The third-order valence-electron chi connectivity index (χ3n) is 5.40. The Labute approximate surface area is 112 Å². The average Bonchev–Trinajstić information content (AvgIpc) is 2.59. The minimum Gasteiger partial charge on any atom is -0.327 e. The van der Waals surface area contributed by atoms with Gasteiger partial charge in [-0.25, -0.2) is 0 Å². The van der Waals surface area contributed by atoms with E-state index < -0.39 is 0 Å². The molecular formula is C14H27ClN2. The van der Waals surface area contributed by atoms with E-state index in [4.69, 9.17) is 5.73 Å². The van der Waals surface area contributed by atoms with Gasteiger partial charge in [-0.1, -0.05) is 19.8 Å². The highest BCUT2D eigenvalue weighted by atomic mass is 35.5.